The van der Waals surface area contributed by atoms with Gasteiger partial charge in [-0.3, -0.25) is 0 Å². The van der Waals surface area contributed by atoms with E-state index in [9.17, 15) is 0 Å². The zero-order valence-electron chi connectivity index (χ0n) is 15.4. The minimum absolute atomic E-state index is 0.191. The average molecular weight is 545 g/mol. The van der Waals surface area contributed by atoms with Crippen LogP contribution in [0.25, 0.3) is 0 Å². The maximum atomic E-state index is 6.13. The molecule has 0 aromatic heterocycles. The maximum absolute atomic E-state index is 6.13. The number of hydrogen-bond acceptors (Lipinski definition) is 0. The number of rotatable bonds is 7. The second kappa shape index (κ2) is 9.35. The van der Waals surface area contributed by atoms with Gasteiger partial charge < -0.3 is 0 Å². The van der Waals surface area contributed by atoms with Crippen molar-refractivity contribution in [2.45, 2.75) is 13.3 Å². The van der Waals surface area contributed by atoms with Crippen LogP contribution in [0.4, 0.5) is 0 Å². The van der Waals surface area contributed by atoms with Gasteiger partial charge in [0.1, 0.15) is 0 Å². The van der Waals surface area contributed by atoms with Crippen LogP contribution in [-0.2, 0) is 18.1 Å². The molecule has 0 spiro atoms. The molecular formula is C25H23OsP. The van der Waals surface area contributed by atoms with E-state index in [0.29, 0.717) is 0 Å². The Morgan fingerprint density at radius 3 is 1.48 bits per heavy atom. The molecule has 136 valence electrons. The minimum atomic E-state index is -2.05. The molecule has 1 atom stereocenters. The second-order valence-electron chi connectivity index (χ2n) is 6.36. The van der Waals surface area contributed by atoms with Crippen LogP contribution in [0.3, 0.4) is 0 Å². The van der Waals surface area contributed by atoms with E-state index < -0.39 is 7.26 Å². The van der Waals surface area contributed by atoms with Crippen molar-refractivity contribution in [2.75, 3.05) is 0 Å². The molecule has 3 rings (SSSR count). The van der Waals surface area contributed by atoms with Gasteiger partial charge in [-0.2, -0.15) is 0 Å². The van der Waals surface area contributed by atoms with E-state index in [0.717, 1.165) is 6.42 Å². The van der Waals surface area contributed by atoms with Gasteiger partial charge in [-0.25, -0.2) is 0 Å². The Morgan fingerprint density at radius 1 is 0.852 bits per heavy atom. The van der Waals surface area contributed by atoms with Gasteiger partial charge in [0.15, 0.2) is 0 Å². The topological polar surface area (TPSA) is 0 Å². The van der Waals surface area contributed by atoms with Crippen LogP contribution in [0.5, 0.6) is 0 Å². The first-order valence-electron chi connectivity index (χ1n) is 9.12. The predicted octanol–water partition coefficient (Wildman–Crippen LogP) is 4.83. The molecule has 0 nitrogen and oxygen atoms in total. The summed E-state index contributed by atoms with van der Waals surface area (Å²) >= 11 is 1.80. The molecule has 0 fully saturated rings. The molecule has 1 unspecified atom stereocenters. The van der Waals surface area contributed by atoms with E-state index in [-0.39, 0.29) is 5.92 Å². The van der Waals surface area contributed by atoms with Gasteiger partial charge in [-0.1, -0.05) is 0 Å². The first kappa shape index (κ1) is 19.9. The summed E-state index contributed by atoms with van der Waals surface area (Å²) in [6, 6.07) is 32.6. The summed E-state index contributed by atoms with van der Waals surface area (Å²) in [6.45, 7) is 8.32. The molecule has 0 radical (unpaired) electrons. The van der Waals surface area contributed by atoms with E-state index in [1.807, 2.05) is 6.08 Å². The summed E-state index contributed by atoms with van der Waals surface area (Å²) in [5.41, 5.74) is 0. The van der Waals surface area contributed by atoms with Crippen LogP contribution >= 0.6 is 7.26 Å². The summed E-state index contributed by atoms with van der Waals surface area (Å²) in [4.78, 5) is 0. The molecule has 0 aliphatic rings. The predicted molar refractivity (Wildman–Crippen MR) is 116 cm³/mol. The van der Waals surface area contributed by atoms with Gasteiger partial charge in [0.25, 0.3) is 0 Å². The Bertz CT molecular complexity index is 829. The Hall–Kier alpha value is -1.88. The van der Waals surface area contributed by atoms with Crippen LogP contribution in [0.15, 0.2) is 102 Å². The van der Waals surface area contributed by atoms with Crippen molar-refractivity contribution in [2.24, 2.45) is 5.92 Å². The van der Waals surface area contributed by atoms with Gasteiger partial charge >= 0.3 is 174 Å². The molecule has 27 heavy (non-hydrogen) atoms. The van der Waals surface area contributed by atoms with Crippen molar-refractivity contribution in [3.63, 3.8) is 0 Å². The Morgan fingerprint density at radius 2 is 1.22 bits per heavy atom. The van der Waals surface area contributed by atoms with Crippen LogP contribution in [0.2, 0.25) is 0 Å². The van der Waals surface area contributed by atoms with Crippen LogP contribution < -0.4 is 15.9 Å². The normalized spacial score (nSPS) is 12.1. The number of benzene rings is 3. The first-order chi connectivity index (χ1) is 13.3. The monoisotopic (exact) mass is 546 g/mol. The molecular weight excluding hydrogens is 521 g/mol. The van der Waals surface area contributed by atoms with Crippen molar-refractivity contribution >= 4 is 27.4 Å². The molecule has 3 aromatic carbocycles. The van der Waals surface area contributed by atoms with Crippen LogP contribution in [0.1, 0.15) is 13.3 Å². The molecule has 0 saturated carbocycles. The summed E-state index contributed by atoms with van der Waals surface area (Å²) in [5, 5.41) is 5.35. The standard InChI is InChI=1S/C25H23P.Os/c1-4-22(5-2)21(3)26(23-15-9-6-10-16-23,24-17-11-7-12-18-24)25-19-13-8-14-20-25;/h1,4,6-20,22H,5H2,2H3;. The zero-order valence-corrected chi connectivity index (χ0v) is 18.8. The average Bonchev–Trinajstić information content (AvgIpc) is 2.76. The van der Waals surface area contributed by atoms with E-state index in [4.69, 9.17) is 6.58 Å². The van der Waals surface area contributed by atoms with Crippen molar-refractivity contribution < 1.29 is 18.1 Å². The van der Waals surface area contributed by atoms with Crippen molar-refractivity contribution in [1.82, 2.24) is 0 Å². The second-order valence-corrected chi connectivity index (χ2v) is 10.4. The van der Waals surface area contributed by atoms with Gasteiger partial charge in [-0.05, 0) is 0 Å². The molecule has 3 aromatic rings. The van der Waals surface area contributed by atoms with Crippen LogP contribution in [-0.4, -0.2) is 4.22 Å². The fourth-order valence-corrected chi connectivity index (χ4v) is 9.83. The fourth-order valence-electron chi connectivity index (χ4n) is 3.61. The van der Waals surface area contributed by atoms with Crippen molar-refractivity contribution in [1.29, 1.82) is 0 Å². The van der Waals surface area contributed by atoms with E-state index in [1.165, 1.54) is 21.2 Å². The molecule has 0 bridgehead atoms. The quantitative estimate of drug-likeness (QED) is 0.295. The van der Waals surface area contributed by atoms with Crippen molar-refractivity contribution in [3.05, 3.63) is 109 Å². The third kappa shape index (κ3) is 3.75. The number of hydrogen-bond donors (Lipinski definition) is 0. The third-order valence-corrected chi connectivity index (χ3v) is 10.5. The van der Waals surface area contributed by atoms with Crippen LogP contribution in [0, 0.1) is 12.5 Å². The van der Waals surface area contributed by atoms with Gasteiger partial charge in [0, 0.05) is 0 Å². The summed E-state index contributed by atoms with van der Waals surface area (Å²) in [7, 11) is -2.05. The molecule has 0 N–H and O–H groups in total. The Kier molecular flexibility index (Phi) is 6.88. The number of allylic oxidation sites excluding steroid dienone is 2. The molecule has 0 amide bonds. The Balaban J connectivity index is 2.47. The molecule has 0 aliphatic heterocycles. The van der Waals surface area contributed by atoms with E-state index in [2.05, 4.69) is 102 Å². The SMILES string of the molecule is [CH-]=CC(CC)C(=[C]=[Os])[P+](c1ccccc1)(c1ccccc1)c1ccccc1. The Labute approximate surface area is 173 Å². The zero-order chi connectivity index (χ0) is 19.1. The molecule has 0 heterocycles. The third-order valence-electron chi connectivity index (χ3n) is 4.91. The molecule has 2 heteroatoms. The van der Waals surface area contributed by atoms with Crippen molar-refractivity contribution in [3.8, 4) is 0 Å². The van der Waals surface area contributed by atoms with E-state index >= 15 is 0 Å². The molecule has 0 saturated heterocycles. The summed E-state index contributed by atoms with van der Waals surface area (Å²) < 4.78 is 3.62. The summed E-state index contributed by atoms with van der Waals surface area (Å²) in [5.74, 6) is 0.191. The van der Waals surface area contributed by atoms with Gasteiger partial charge in [0.2, 0.25) is 0 Å². The first-order valence-corrected chi connectivity index (χ1v) is 12.2. The van der Waals surface area contributed by atoms with Gasteiger partial charge in [-0.15, -0.1) is 0 Å². The fraction of sp³-hybridized carbons (Fsp3) is 0.120. The summed E-state index contributed by atoms with van der Waals surface area (Å²) in [6.07, 6.45) is 2.81. The van der Waals surface area contributed by atoms with E-state index in [1.54, 1.807) is 18.1 Å². The van der Waals surface area contributed by atoms with Gasteiger partial charge in [0.05, 0.1) is 0 Å². The molecule has 0 aliphatic carbocycles.